The van der Waals surface area contributed by atoms with Crippen LogP contribution in [0, 0.1) is 0 Å². The number of imidazole rings is 1. The van der Waals surface area contributed by atoms with Crippen molar-refractivity contribution in [3.05, 3.63) is 54.1 Å². The Morgan fingerprint density at radius 3 is 2.27 bits per heavy atom. The monoisotopic (exact) mass is 476 g/mol. The minimum atomic E-state index is -1.20. The van der Waals surface area contributed by atoms with Gasteiger partial charge in [0.25, 0.3) is 0 Å². The summed E-state index contributed by atoms with van der Waals surface area (Å²) >= 11 is 3.98. The molecule has 4 unspecified atom stereocenters. The number of aliphatic carboxylic acids is 1. The van der Waals surface area contributed by atoms with E-state index in [4.69, 9.17) is 5.73 Å². The summed E-state index contributed by atoms with van der Waals surface area (Å²) in [6.45, 7) is 1.42. The van der Waals surface area contributed by atoms with Crippen LogP contribution >= 0.6 is 12.6 Å². The van der Waals surface area contributed by atoms with Gasteiger partial charge >= 0.3 is 5.97 Å². The molecule has 0 bridgehead atoms. The molecule has 7 N–H and O–H groups in total. The molecule has 0 saturated carbocycles. The molecule has 12 heteroatoms. The highest BCUT2D eigenvalue weighted by molar-refractivity contribution is 7.80. The first-order valence-corrected chi connectivity index (χ1v) is 10.9. The summed E-state index contributed by atoms with van der Waals surface area (Å²) in [5, 5.41) is 17.0. The molecule has 11 nitrogen and oxygen atoms in total. The lowest BCUT2D eigenvalue weighted by Crippen LogP contribution is -2.57. The van der Waals surface area contributed by atoms with E-state index in [2.05, 4.69) is 38.5 Å². The van der Waals surface area contributed by atoms with Crippen molar-refractivity contribution in [1.82, 2.24) is 25.9 Å². The lowest BCUT2D eigenvalue weighted by molar-refractivity contribution is -0.142. The summed E-state index contributed by atoms with van der Waals surface area (Å²) in [7, 11) is 0. The standard InChI is InChI=1S/C21H28N6O5S/c1-12(18(28)27-17(21(31)32)7-13-5-3-2-4-6-13)25-20(30)16(8-14-9-23-11-24-14)26-19(29)15(22)10-33/h2-6,9,11-12,15-17,33H,7-8,10,22H2,1H3,(H,23,24)(H,25,30)(H,26,29)(H,27,28)(H,31,32). The number of carboxylic acid groups (broad SMARTS) is 1. The quantitative estimate of drug-likeness (QED) is 0.192. The van der Waals surface area contributed by atoms with Crippen molar-refractivity contribution in [2.24, 2.45) is 5.73 Å². The van der Waals surface area contributed by atoms with Gasteiger partial charge in [-0.3, -0.25) is 14.4 Å². The number of hydrogen-bond acceptors (Lipinski definition) is 7. The van der Waals surface area contributed by atoms with E-state index in [-0.39, 0.29) is 18.6 Å². The fourth-order valence-electron chi connectivity index (χ4n) is 2.91. The van der Waals surface area contributed by atoms with Crippen LogP contribution < -0.4 is 21.7 Å². The first kappa shape index (κ1) is 25.9. The number of carboxylic acids is 1. The summed E-state index contributed by atoms with van der Waals surface area (Å²) in [4.78, 5) is 55.9. The molecule has 0 radical (unpaired) electrons. The number of amides is 3. The van der Waals surface area contributed by atoms with Crippen molar-refractivity contribution in [2.75, 3.05) is 5.75 Å². The van der Waals surface area contributed by atoms with E-state index in [0.29, 0.717) is 5.69 Å². The molecule has 33 heavy (non-hydrogen) atoms. The van der Waals surface area contributed by atoms with Crippen molar-refractivity contribution >= 4 is 36.3 Å². The van der Waals surface area contributed by atoms with Crippen LogP contribution in [0.3, 0.4) is 0 Å². The third-order valence-electron chi connectivity index (χ3n) is 4.79. The number of H-pyrrole nitrogens is 1. The Labute approximate surface area is 196 Å². The SMILES string of the molecule is CC(NC(=O)C(Cc1cnc[nH]1)NC(=O)C(N)CS)C(=O)NC(Cc1ccccc1)C(=O)O. The summed E-state index contributed by atoms with van der Waals surface area (Å²) in [6.07, 6.45) is 3.10. The lowest BCUT2D eigenvalue weighted by Gasteiger charge is -2.23. The molecule has 2 rings (SSSR count). The van der Waals surface area contributed by atoms with E-state index in [0.717, 1.165) is 5.56 Å². The number of rotatable bonds is 12. The van der Waals surface area contributed by atoms with Crippen molar-refractivity contribution in [3.8, 4) is 0 Å². The van der Waals surface area contributed by atoms with Gasteiger partial charge in [0.05, 0.1) is 12.4 Å². The largest absolute Gasteiger partial charge is 0.480 e. The van der Waals surface area contributed by atoms with E-state index >= 15 is 0 Å². The Bertz CT molecular complexity index is 940. The molecule has 3 amide bonds. The van der Waals surface area contributed by atoms with Crippen LogP contribution in [0.15, 0.2) is 42.9 Å². The van der Waals surface area contributed by atoms with Gasteiger partial charge in [0.1, 0.15) is 18.1 Å². The molecule has 0 saturated heterocycles. The van der Waals surface area contributed by atoms with Crippen LogP contribution in [-0.2, 0) is 32.0 Å². The second kappa shape index (κ2) is 12.6. The van der Waals surface area contributed by atoms with Gasteiger partial charge in [0.15, 0.2) is 0 Å². The average Bonchev–Trinajstić information content (AvgIpc) is 3.31. The van der Waals surface area contributed by atoms with Gasteiger partial charge in [-0.1, -0.05) is 30.3 Å². The Balaban J connectivity index is 2.02. The predicted molar refractivity (Wildman–Crippen MR) is 123 cm³/mol. The molecule has 0 aliphatic heterocycles. The predicted octanol–water partition coefficient (Wildman–Crippen LogP) is -0.989. The number of carbonyl (C=O) groups is 4. The molecule has 178 valence electrons. The van der Waals surface area contributed by atoms with Crippen LogP contribution in [0.2, 0.25) is 0 Å². The van der Waals surface area contributed by atoms with Crippen molar-refractivity contribution in [1.29, 1.82) is 0 Å². The molecule has 4 atom stereocenters. The highest BCUT2D eigenvalue weighted by Gasteiger charge is 2.28. The molecule has 1 aromatic carbocycles. The van der Waals surface area contributed by atoms with E-state index < -0.39 is 47.9 Å². The van der Waals surface area contributed by atoms with E-state index in [1.807, 2.05) is 0 Å². The number of carbonyl (C=O) groups excluding carboxylic acids is 3. The van der Waals surface area contributed by atoms with Crippen LogP contribution in [0.1, 0.15) is 18.2 Å². The number of thiol groups is 1. The minimum Gasteiger partial charge on any atom is -0.480 e. The first-order valence-electron chi connectivity index (χ1n) is 10.2. The molecule has 0 fully saturated rings. The second-order valence-electron chi connectivity index (χ2n) is 7.45. The Hall–Kier alpha value is -3.38. The maximum absolute atomic E-state index is 12.8. The summed E-state index contributed by atoms with van der Waals surface area (Å²) in [5.41, 5.74) is 7.00. The maximum Gasteiger partial charge on any atom is 0.326 e. The summed E-state index contributed by atoms with van der Waals surface area (Å²) in [5.74, 6) is -3.00. The van der Waals surface area contributed by atoms with E-state index in [9.17, 15) is 24.3 Å². The number of nitrogens with two attached hydrogens (primary N) is 1. The number of aromatic amines is 1. The third-order valence-corrected chi connectivity index (χ3v) is 5.19. The molecule has 0 spiro atoms. The normalized spacial score (nSPS) is 14.4. The van der Waals surface area contributed by atoms with Gasteiger partial charge in [-0.05, 0) is 12.5 Å². The van der Waals surface area contributed by atoms with E-state index in [1.54, 1.807) is 30.3 Å². The zero-order chi connectivity index (χ0) is 24.4. The summed E-state index contributed by atoms with van der Waals surface area (Å²) in [6, 6.07) is 4.66. The molecular weight excluding hydrogens is 448 g/mol. The van der Waals surface area contributed by atoms with Gasteiger partial charge in [0.2, 0.25) is 17.7 Å². The first-order chi connectivity index (χ1) is 15.7. The van der Waals surface area contributed by atoms with Gasteiger partial charge in [-0.25, -0.2) is 9.78 Å². The highest BCUT2D eigenvalue weighted by Crippen LogP contribution is 2.05. The Kier molecular flexibility index (Phi) is 9.88. The van der Waals surface area contributed by atoms with E-state index in [1.165, 1.54) is 19.4 Å². The number of nitrogens with zero attached hydrogens (tertiary/aromatic N) is 1. The minimum absolute atomic E-state index is 0.0803. The zero-order valence-electron chi connectivity index (χ0n) is 18.0. The molecule has 0 aliphatic rings. The van der Waals surface area contributed by atoms with Crippen molar-refractivity contribution in [2.45, 2.75) is 43.9 Å². The number of aromatic nitrogens is 2. The lowest BCUT2D eigenvalue weighted by atomic mass is 10.1. The fourth-order valence-corrected chi connectivity index (χ4v) is 3.08. The number of benzene rings is 1. The second-order valence-corrected chi connectivity index (χ2v) is 7.82. The molecule has 1 heterocycles. The maximum atomic E-state index is 12.8. The number of nitrogens with one attached hydrogen (secondary N) is 4. The van der Waals surface area contributed by atoms with Crippen LogP contribution in [-0.4, -0.2) is 68.7 Å². The molecular formula is C21H28N6O5S. The van der Waals surface area contributed by atoms with Crippen molar-refractivity contribution < 1.29 is 24.3 Å². The average molecular weight is 477 g/mol. The Morgan fingerprint density at radius 1 is 1.03 bits per heavy atom. The smallest absolute Gasteiger partial charge is 0.326 e. The van der Waals surface area contributed by atoms with Gasteiger partial charge < -0.3 is 31.8 Å². The van der Waals surface area contributed by atoms with Crippen LogP contribution in [0.4, 0.5) is 0 Å². The van der Waals surface area contributed by atoms with Gasteiger partial charge in [0, 0.05) is 30.5 Å². The molecule has 0 aliphatic carbocycles. The van der Waals surface area contributed by atoms with Crippen molar-refractivity contribution in [3.63, 3.8) is 0 Å². The Morgan fingerprint density at radius 2 is 1.70 bits per heavy atom. The van der Waals surface area contributed by atoms with Gasteiger partial charge in [-0.2, -0.15) is 12.6 Å². The summed E-state index contributed by atoms with van der Waals surface area (Å²) < 4.78 is 0. The zero-order valence-corrected chi connectivity index (χ0v) is 18.9. The molecule has 1 aromatic heterocycles. The van der Waals surface area contributed by atoms with Crippen LogP contribution in [0.5, 0.6) is 0 Å². The van der Waals surface area contributed by atoms with Gasteiger partial charge in [-0.15, -0.1) is 0 Å². The number of hydrogen-bond donors (Lipinski definition) is 7. The topological polar surface area (TPSA) is 179 Å². The molecule has 2 aromatic rings. The fraction of sp³-hybridized carbons (Fsp3) is 0.381. The van der Waals surface area contributed by atoms with Crippen LogP contribution in [0.25, 0.3) is 0 Å². The third kappa shape index (κ3) is 8.24. The highest BCUT2D eigenvalue weighted by atomic mass is 32.1.